The third-order valence-electron chi connectivity index (χ3n) is 1.98. The van der Waals surface area contributed by atoms with Crippen molar-refractivity contribution < 1.29 is 4.39 Å². The van der Waals surface area contributed by atoms with E-state index in [4.69, 9.17) is 0 Å². The van der Waals surface area contributed by atoms with E-state index in [1.165, 1.54) is 10.9 Å². The number of benzene rings is 1. The van der Waals surface area contributed by atoms with E-state index in [0.29, 0.717) is 12.2 Å². The Labute approximate surface area is 100 Å². The molecule has 0 bridgehead atoms. The van der Waals surface area contributed by atoms with Crippen molar-refractivity contribution in [1.29, 1.82) is 0 Å². The lowest BCUT2D eigenvalue weighted by Gasteiger charge is -2.08. The fourth-order valence-corrected chi connectivity index (χ4v) is 2.38. The van der Waals surface area contributed by atoms with Gasteiger partial charge in [0.05, 0.1) is 5.69 Å². The Morgan fingerprint density at radius 1 is 1.27 bits per heavy atom. The van der Waals surface area contributed by atoms with Gasteiger partial charge < -0.3 is 5.32 Å². The van der Waals surface area contributed by atoms with Crippen LogP contribution in [0.25, 0.3) is 0 Å². The monoisotopic (exact) mass is 285 g/mol. The number of hydrogen-bond donors (Lipinski definition) is 1. The first-order valence-corrected chi connectivity index (χ1v) is 6.15. The molecule has 0 saturated carbocycles. The lowest BCUT2D eigenvalue weighted by Crippen LogP contribution is -2.00. The third-order valence-corrected chi connectivity index (χ3v) is 3.52. The maximum absolute atomic E-state index is 13.4. The van der Waals surface area contributed by atoms with Gasteiger partial charge in [0, 0.05) is 15.9 Å². The van der Waals surface area contributed by atoms with Crippen LogP contribution in [0, 0.1) is 5.82 Å². The van der Waals surface area contributed by atoms with Crippen molar-refractivity contribution in [3.05, 3.63) is 50.9 Å². The maximum Gasteiger partial charge on any atom is 0.147 e. The second-order valence-electron chi connectivity index (χ2n) is 3.03. The van der Waals surface area contributed by atoms with Crippen LogP contribution in [0.5, 0.6) is 0 Å². The number of hydrogen-bond acceptors (Lipinski definition) is 2. The van der Waals surface area contributed by atoms with Crippen molar-refractivity contribution in [3.63, 3.8) is 0 Å². The minimum absolute atomic E-state index is 0.235. The molecule has 15 heavy (non-hydrogen) atoms. The summed E-state index contributed by atoms with van der Waals surface area (Å²) in [5, 5.41) is 5.08. The smallest absolute Gasteiger partial charge is 0.147 e. The summed E-state index contributed by atoms with van der Waals surface area (Å²) in [6.45, 7) is 0.650. The van der Waals surface area contributed by atoms with Crippen LogP contribution in [0.4, 0.5) is 10.1 Å². The summed E-state index contributed by atoms with van der Waals surface area (Å²) in [5.74, 6) is -0.235. The molecule has 0 radical (unpaired) electrons. The maximum atomic E-state index is 13.4. The molecule has 0 amide bonds. The van der Waals surface area contributed by atoms with E-state index in [2.05, 4.69) is 21.2 Å². The third kappa shape index (κ3) is 2.58. The number of anilines is 1. The average Bonchev–Trinajstić information content (AvgIpc) is 2.70. The highest BCUT2D eigenvalue weighted by Gasteiger charge is 2.05. The topological polar surface area (TPSA) is 12.0 Å². The Morgan fingerprint density at radius 2 is 2.13 bits per heavy atom. The summed E-state index contributed by atoms with van der Waals surface area (Å²) in [6.07, 6.45) is 0. The van der Waals surface area contributed by atoms with E-state index >= 15 is 0 Å². The van der Waals surface area contributed by atoms with Gasteiger partial charge in [0.25, 0.3) is 0 Å². The normalized spacial score (nSPS) is 10.3. The molecule has 0 spiro atoms. The highest BCUT2D eigenvalue weighted by molar-refractivity contribution is 9.10. The van der Waals surface area contributed by atoms with Crippen LogP contribution in [-0.2, 0) is 6.54 Å². The van der Waals surface area contributed by atoms with Crippen molar-refractivity contribution in [2.75, 3.05) is 5.32 Å². The molecule has 0 atom stereocenters. The number of nitrogens with one attached hydrogen (secondary N) is 1. The first-order chi connectivity index (χ1) is 7.27. The molecule has 1 nitrogen and oxygen atoms in total. The van der Waals surface area contributed by atoms with E-state index in [1.54, 1.807) is 17.4 Å². The first kappa shape index (κ1) is 10.6. The Bertz CT molecular complexity index is 422. The van der Waals surface area contributed by atoms with E-state index < -0.39 is 0 Å². The van der Waals surface area contributed by atoms with Crippen LogP contribution in [0.3, 0.4) is 0 Å². The lowest BCUT2D eigenvalue weighted by atomic mass is 10.3. The molecule has 1 N–H and O–H groups in total. The van der Waals surface area contributed by atoms with Gasteiger partial charge in [-0.25, -0.2) is 4.39 Å². The summed E-state index contributed by atoms with van der Waals surface area (Å²) >= 11 is 4.97. The SMILES string of the molecule is Fc1cccc(Br)c1NCc1cccs1. The molecule has 0 saturated heterocycles. The predicted molar refractivity (Wildman–Crippen MR) is 65.7 cm³/mol. The molecular weight excluding hydrogens is 277 g/mol. The summed E-state index contributed by atoms with van der Waals surface area (Å²) in [4.78, 5) is 1.19. The van der Waals surface area contributed by atoms with Crippen LogP contribution in [-0.4, -0.2) is 0 Å². The second kappa shape index (κ2) is 4.77. The van der Waals surface area contributed by atoms with Gasteiger partial charge >= 0.3 is 0 Å². The van der Waals surface area contributed by atoms with Gasteiger partial charge in [0.2, 0.25) is 0 Å². The van der Waals surface area contributed by atoms with Gasteiger partial charge in [-0.05, 0) is 39.5 Å². The first-order valence-electron chi connectivity index (χ1n) is 4.47. The van der Waals surface area contributed by atoms with E-state index in [0.717, 1.165) is 4.47 Å². The molecule has 0 aliphatic rings. The minimum atomic E-state index is -0.235. The van der Waals surface area contributed by atoms with Crippen molar-refractivity contribution in [3.8, 4) is 0 Å². The predicted octanol–water partition coefficient (Wildman–Crippen LogP) is 4.26. The van der Waals surface area contributed by atoms with Crippen molar-refractivity contribution in [2.45, 2.75) is 6.54 Å². The second-order valence-corrected chi connectivity index (χ2v) is 4.92. The van der Waals surface area contributed by atoms with E-state index in [-0.39, 0.29) is 5.82 Å². The number of thiophene rings is 1. The molecule has 1 aromatic carbocycles. The van der Waals surface area contributed by atoms with Crippen LogP contribution in [0.15, 0.2) is 40.2 Å². The van der Waals surface area contributed by atoms with Crippen LogP contribution >= 0.6 is 27.3 Å². The summed E-state index contributed by atoms with van der Waals surface area (Å²) in [6, 6.07) is 8.95. The summed E-state index contributed by atoms with van der Waals surface area (Å²) in [7, 11) is 0. The average molecular weight is 286 g/mol. The molecule has 78 valence electrons. The van der Waals surface area contributed by atoms with Crippen LogP contribution in [0.1, 0.15) is 4.88 Å². The highest BCUT2D eigenvalue weighted by atomic mass is 79.9. The molecular formula is C11H9BrFNS. The Balaban J connectivity index is 2.11. The number of halogens is 2. The van der Waals surface area contributed by atoms with Gasteiger partial charge in [0.1, 0.15) is 5.82 Å². The Hall–Kier alpha value is -0.870. The van der Waals surface area contributed by atoms with Crippen molar-refractivity contribution >= 4 is 33.0 Å². The standard InChI is InChI=1S/C11H9BrFNS/c12-9-4-1-5-10(13)11(9)14-7-8-3-2-6-15-8/h1-6,14H,7H2. The van der Waals surface area contributed by atoms with Gasteiger partial charge in [-0.2, -0.15) is 0 Å². The van der Waals surface area contributed by atoms with E-state index in [1.807, 2.05) is 23.6 Å². The molecule has 0 aliphatic heterocycles. The highest BCUT2D eigenvalue weighted by Crippen LogP contribution is 2.26. The molecule has 4 heteroatoms. The lowest BCUT2D eigenvalue weighted by molar-refractivity contribution is 0.629. The molecule has 2 rings (SSSR count). The van der Waals surface area contributed by atoms with Gasteiger partial charge in [-0.15, -0.1) is 11.3 Å². The zero-order valence-electron chi connectivity index (χ0n) is 7.84. The van der Waals surface area contributed by atoms with Crippen LogP contribution < -0.4 is 5.32 Å². The number of rotatable bonds is 3. The summed E-state index contributed by atoms with van der Waals surface area (Å²) in [5.41, 5.74) is 0.519. The molecule has 2 aromatic rings. The van der Waals surface area contributed by atoms with E-state index in [9.17, 15) is 4.39 Å². The van der Waals surface area contributed by atoms with Crippen LogP contribution in [0.2, 0.25) is 0 Å². The molecule has 0 aliphatic carbocycles. The fourth-order valence-electron chi connectivity index (χ4n) is 1.26. The Morgan fingerprint density at radius 3 is 2.80 bits per heavy atom. The largest absolute Gasteiger partial charge is 0.377 e. The summed E-state index contributed by atoms with van der Waals surface area (Å²) < 4.78 is 14.1. The van der Waals surface area contributed by atoms with Crippen molar-refractivity contribution in [1.82, 2.24) is 0 Å². The van der Waals surface area contributed by atoms with Crippen molar-refractivity contribution in [2.24, 2.45) is 0 Å². The zero-order valence-corrected chi connectivity index (χ0v) is 10.2. The van der Waals surface area contributed by atoms with Gasteiger partial charge in [0.15, 0.2) is 0 Å². The zero-order chi connectivity index (χ0) is 10.7. The number of para-hydroxylation sites is 1. The fraction of sp³-hybridized carbons (Fsp3) is 0.0909. The molecule has 0 unspecified atom stereocenters. The molecule has 1 heterocycles. The molecule has 0 fully saturated rings. The molecule has 1 aromatic heterocycles. The van der Waals surface area contributed by atoms with Gasteiger partial charge in [-0.1, -0.05) is 12.1 Å². The minimum Gasteiger partial charge on any atom is -0.377 e. The Kier molecular flexibility index (Phi) is 3.38. The quantitative estimate of drug-likeness (QED) is 0.888. The van der Waals surface area contributed by atoms with Gasteiger partial charge in [-0.3, -0.25) is 0 Å².